The third-order valence-corrected chi connectivity index (χ3v) is 2.72. The summed E-state index contributed by atoms with van der Waals surface area (Å²) in [6.07, 6.45) is 3.08. The number of carbonyl (C=O) groups is 2. The van der Waals surface area contributed by atoms with Crippen LogP contribution in [0.2, 0.25) is 0 Å². The predicted molar refractivity (Wildman–Crippen MR) is 54.1 cm³/mol. The topological polar surface area (TPSA) is 89.4 Å². The van der Waals surface area contributed by atoms with Crippen molar-refractivity contribution in [3.63, 3.8) is 0 Å². The maximum absolute atomic E-state index is 11.9. The van der Waals surface area contributed by atoms with Crippen molar-refractivity contribution in [2.24, 2.45) is 5.73 Å². The molecule has 1 aliphatic rings. The molecule has 0 radical (unpaired) electrons. The Labute approximate surface area is 92.4 Å². The van der Waals surface area contributed by atoms with Crippen LogP contribution in [0.4, 0.5) is 0 Å². The number of carbonyl (C=O) groups excluding carboxylic acids is 2. The molecule has 2 amide bonds. The molecule has 16 heavy (non-hydrogen) atoms. The van der Waals surface area contributed by atoms with Gasteiger partial charge >= 0.3 is 0 Å². The number of likely N-dealkylation sites (tertiary alicyclic amines) is 1. The Morgan fingerprint density at radius 3 is 3.06 bits per heavy atom. The summed E-state index contributed by atoms with van der Waals surface area (Å²) in [5, 5.41) is 3.52. The van der Waals surface area contributed by atoms with Gasteiger partial charge in [-0.1, -0.05) is 5.16 Å². The van der Waals surface area contributed by atoms with Crippen LogP contribution in [0, 0.1) is 0 Å². The minimum Gasteiger partial charge on any atom is -0.368 e. The Balaban J connectivity index is 2.01. The molecule has 0 aliphatic carbocycles. The summed E-state index contributed by atoms with van der Waals surface area (Å²) in [6.45, 7) is 0.584. The second kappa shape index (κ2) is 4.34. The number of amides is 2. The molecule has 1 fully saturated rings. The van der Waals surface area contributed by atoms with Crippen LogP contribution in [0.15, 0.2) is 16.8 Å². The summed E-state index contributed by atoms with van der Waals surface area (Å²) < 4.78 is 4.85. The maximum Gasteiger partial charge on any atom is 0.240 e. The van der Waals surface area contributed by atoms with Crippen LogP contribution < -0.4 is 5.73 Å². The Morgan fingerprint density at radius 1 is 1.62 bits per heavy atom. The average Bonchev–Trinajstić information content (AvgIpc) is 2.86. The minimum atomic E-state index is -0.463. The number of nitrogens with two attached hydrogens (primary N) is 1. The van der Waals surface area contributed by atoms with E-state index in [0.29, 0.717) is 18.7 Å². The van der Waals surface area contributed by atoms with Crippen LogP contribution in [0.3, 0.4) is 0 Å². The first-order chi connectivity index (χ1) is 7.68. The van der Waals surface area contributed by atoms with E-state index in [-0.39, 0.29) is 12.3 Å². The Kier molecular flexibility index (Phi) is 2.89. The fraction of sp³-hybridized carbons (Fsp3) is 0.500. The van der Waals surface area contributed by atoms with E-state index in [4.69, 9.17) is 10.3 Å². The van der Waals surface area contributed by atoms with Gasteiger partial charge < -0.3 is 15.2 Å². The summed E-state index contributed by atoms with van der Waals surface area (Å²) in [7, 11) is 0. The zero-order valence-corrected chi connectivity index (χ0v) is 8.76. The van der Waals surface area contributed by atoms with Crippen LogP contribution in [0.1, 0.15) is 18.6 Å². The molecule has 1 aliphatic heterocycles. The molecular formula is C10H13N3O3. The number of primary amides is 1. The predicted octanol–water partition coefficient (Wildman–Crippen LogP) is -0.307. The lowest BCUT2D eigenvalue weighted by Crippen LogP contribution is -2.44. The lowest BCUT2D eigenvalue weighted by atomic mass is 10.2. The van der Waals surface area contributed by atoms with Crippen LogP contribution in [-0.2, 0) is 16.0 Å². The van der Waals surface area contributed by atoms with E-state index in [1.54, 1.807) is 6.07 Å². The fourth-order valence-electron chi connectivity index (χ4n) is 1.94. The summed E-state index contributed by atoms with van der Waals surface area (Å²) in [4.78, 5) is 24.5. The first kappa shape index (κ1) is 10.7. The Bertz CT molecular complexity index is 388. The third kappa shape index (κ3) is 2.05. The van der Waals surface area contributed by atoms with Gasteiger partial charge in [-0.15, -0.1) is 0 Å². The molecule has 1 unspecified atom stereocenters. The molecule has 1 atom stereocenters. The number of aromatic nitrogens is 1. The van der Waals surface area contributed by atoms with Crippen LogP contribution in [-0.4, -0.2) is 34.5 Å². The second-order valence-electron chi connectivity index (χ2n) is 3.80. The molecule has 0 saturated carbocycles. The van der Waals surface area contributed by atoms with E-state index in [9.17, 15) is 9.59 Å². The summed E-state index contributed by atoms with van der Waals surface area (Å²) in [5.41, 5.74) is 5.23. The highest BCUT2D eigenvalue weighted by Gasteiger charge is 2.32. The maximum atomic E-state index is 11.9. The van der Waals surface area contributed by atoms with Gasteiger partial charge in [0.15, 0.2) is 0 Å². The molecule has 6 heteroatoms. The van der Waals surface area contributed by atoms with Crippen molar-refractivity contribution in [1.29, 1.82) is 0 Å². The van der Waals surface area contributed by atoms with Crippen molar-refractivity contribution in [2.45, 2.75) is 25.3 Å². The molecule has 0 aromatic carbocycles. The Hall–Kier alpha value is -1.85. The van der Waals surface area contributed by atoms with E-state index in [2.05, 4.69) is 5.16 Å². The van der Waals surface area contributed by atoms with Crippen molar-refractivity contribution >= 4 is 11.8 Å². The van der Waals surface area contributed by atoms with Gasteiger partial charge in [0.2, 0.25) is 11.8 Å². The summed E-state index contributed by atoms with van der Waals surface area (Å²) >= 11 is 0. The highest BCUT2D eigenvalue weighted by Crippen LogP contribution is 2.18. The molecule has 0 spiro atoms. The quantitative estimate of drug-likeness (QED) is 0.761. The van der Waals surface area contributed by atoms with E-state index in [1.807, 2.05) is 0 Å². The van der Waals surface area contributed by atoms with Crippen LogP contribution in [0.5, 0.6) is 0 Å². The van der Waals surface area contributed by atoms with Crippen molar-refractivity contribution < 1.29 is 14.1 Å². The van der Waals surface area contributed by atoms with Gasteiger partial charge in [-0.2, -0.15) is 0 Å². The standard InChI is InChI=1S/C10H13N3O3/c11-10(15)8-2-1-5-13(8)9(14)6-7-3-4-12-16-7/h3-4,8H,1-2,5-6H2,(H2,11,15). The first-order valence-electron chi connectivity index (χ1n) is 5.17. The van der Waals surface area contributed by atoms with Gasteiger partial charge in [-0.3, -0.25) is 9.59 Å². The molecule has 86 valence electrons. The first-order valence-corrected chi connectivity index (χ1v) is 5.17. The molecule has 1 aromatic heterocycles. The molecule has 1 saturated heterocycles. The number of hydrogen-bond donors (Lipinski definition) is 1. The SMILES string of the molecule is NC(=O)C1CCCN1C(=O)Cc1ccno1. The summed E-state index contributed by atoms with van der Waals surface area (Å²) in [6, 6.07) is 1.17. The zero-order chi connectivity index (χ0) is 11.5. The van der Waals surface area contributed by atoms with E-state index in [0.717, 1.165) is 6.42 Å². The van der Waals surface area contributed by atoms with E-state index in [1.165, 1.54) is 11.1 Å². The number of rotatable bonds is 3. The van der Waals surface area contributed by atoms with Gasteiger partial charge in [-0.25, -0.2) is 0 Å². The van der Waals surface area contributed by atoms with Crippen molar-refractivity contribution in [1.82, 2.24) is 10.1 Å². The lowest BCUT2D eigenvalue weighted by Gasteiger charge is -2.21. The molecule has 1 aromatic rings. The third-order valence-electron chi connectivity index (χ3n) is 2.72. The van der Waals surface area contributed by atoms with Gasteiger partial charge in [0, 0.05) is 12.6 Å². The molecule has 2 N–H and O–H groups in total. The number of hydrogen-bond acceptors (Lipinski definition) is 4. The highest BCUT2D eigenvalue weighted by molar-refractivity contribution is 5.87. The normalized spacial score (nSPS) is 20.0. The van der Waals surface area contributed by atoms with Crippen molar-refractivity contribution in [3.8, 4) is 0 Å². The average molecular weight is 223 g/mol. The van der Waals surface area contributed by atoms with Gasteiger partial charge in [-0.05, 0) is 12.8 Å². The van der Waals surface area contributed by atoms with Crippen molar-refractivity contribution in [2.75, 3.05) is 6.54 Å². The second-order valence-corrected chi connectivity index (χ2v) is 3.80. The van der Waals surface area contributed by atoms with Crippen molar-refractivity contribution in [3.05, 3.63) is 18.0 Å². The van der Waals surface area contributed by atoms with E-state index < -0.39 is 11.9 Å². The molecule has 2 heterocycles. The van der Waals surface area contributed by atoms with Gasteiger partial charge in [0.05, 0.1) is 12.6 Å². The largest absolute Gasteiger partial charge is 0.368 e. The summed E-state index contributed by atoms with van der Waals surface area (Å²) in [5.74, 6) is -0.0819. The Morgan fingerprint density at radius 2 is 2.44 bits per heavy atom. The smallest absolute Gasteiger partial charge is 0.240 e. The van der Waals surface area contributed by atoms with Crippen LogP contribution >= 0.6 is 0 Å². The lowest BCUT2D eigenvalue weighted by molar-refractivity contribution is -0.137. The molecular weight excluding hydrogens is 210 g/mol. The van der Waals surface area contributed by atoms with E-state index >= 15 is 0 Å². The monoisotopic (exact) mass is 223 g/mol. The fourth-order valence-corrected chi connectivity index (χ4v) is 1.94. The van der Waals surface area contributed by atoms with Gasteiger partial charge in [0.1, 0.15) is 11.8 Å². The molecule has 0 bridgehead atoms. The highest BCUT2D eigenvalue weighted by atomic mass is 16.5. The minimum absolute atomic E-state index is 0.129. The molecule has 2 rings (SSSR count). The van der Waals surface area contributed by atoms with Gasteiger partial charge in [0.25, 0.3) is 0 Å². The number of nitrogens with zero attached hydrogens (tertiary/aromatic N) is 2. The van der Waals surface area contributed by atoms with Crippen LogP contribution in [0.25, 0.3) is 0 Å². The molecule has 6 nitrogen and oxygen atoms in total. The zero-order valence-electron chi connectivity index (χ0n) is 8.76.